The highest BCUT2D eigenvalue weighted by molar-refractivity contribution is 9.10. The highest BCUT2D eigenvalue weighted by Gasteiger charge is 2.13. The minimum Gasteiger partial charge on any atom is -0.379 e. The maximum Gasteiger partial charge on any atom is 0.0594 e. The summed E-state index contributed by atoms with van der Waals surface area (Å²) in [5.74, 6) is 0. The second-order valence-corrected chi connectivity index (χ2v) is 6.07. The number of halogens is 1. The van der Waals surface area contributed by atoms with Crippen molar-refractivity contribution in [2.45, 2.75) is 26.4 Å². The van der Waals surface area contributed by atoms with E-state index < -0.39 is 0 Å². The van der Waals surface area contributed by atoms with Crippen LogP contribution in [0.2, 0.25) is 0 Å². The fourth-order valence-corrected chi connectivity index (χ4v) is 2.77. The molecule has 1 unspecified atom stereocenters. The van der Waals surface area contributed by atoms with E-state index in [2.05, 4.69) is 58.2 Å². The van der Waals surface area contributed by atoms with Crippen LogP contribution >= 0.6 is 15.9 Å². The Morgan fingerprint density at radius 2 is 2.11 bits per heavy atom. The minimum atomic E-state index is 0.497. The molecule has 0 aromatic heterocycles. The molecule has 3 nitrogen and oxygen atoms in total. The van der Waals surface area contributed by atoms with Crippen molar-refractivity contribution in [1.82, 2.24) is 10.2 Å². The molecule has 1 aliphatic heterocycles. The Balaban J connectivity index is 1.79. The number of rotatable bonds is 5. The number of hydrogen-bond donors (Lipinski definition) is 1. The molecular formula is C15H23BrN2O. The van der Waals surface area contributed by atoms with E-state index in [4.69, 9.17) is 4.74 Å². The minimum absolute atomic E-state index is 0.497. The zero-order chi connectivity index (χ0) is 13.7. The maximum atomic E-state index is 5.37. The van der Waals surface area contributed by atoms with E-state index in [9.17, 15) is 0 Å². The maximum absolute atomic E-state index is 5.37. The van der Waals surface area contributed by atoms with Gasteiger partial charge in [0.25, 0.3) is 0 Å². The molecule has 1 heterocycles. The summed E-state index contributed by atoms with van der Waals surface area (Å²) < 4.78 is 6.56. The smallest absolute Gasteiger partial charge is 0.0594 e. The molecule has 1 aromatic rings. The third kappa shape index (κ3) is 4.56. The number of hydrogen-bond acceptors (Lipinski definition) is 3. The van der Waals surface area contributed by atoms with Crippen LogP contribution in [0, 0.1) is 6.92 Å². The van der Waals surface area contributed by atoms with Gasteiger partial charge in [-0.15, -0.1) is 0 Å². The van der Waals surface area contributed by atoms with E-state index in [1.807, 2.05) is 0 Å². The lowest BCUT2D eigenvalue weighted by atomic mass is 10.1. The monoisotopic (exact) mass is 326 g/mol. The van der Waals surface area contributed by atoms with Gasteiger partial charge in [-0.3, -0.25) is 4.90 Å². The molecule has 0 spiro atoms. The van der Waals surface area contributed by atoms with E-state index >= 15 is 0 Å². The SMILES string of the molecule is Cc1c(Br)cccc1CNC(C)CN1CCOCC1. The first-order valence-corrected chi connectivity index (χ1v) is 7.73. The van der Waals surface area contributed by atoms with Crippen molar-refractivity contribution in [3.8, 4) is 0 Å². The van der Waals surface area contributed by atoms with Crippen LogP contribution in [0.3, 0.4) is 0 Å². The Hall–Kier alpha value is -0.420. The third-order valence-corrected chi connectivity index (χ3v) is 4.52. The van der Waals surface area contributed by atoms with E-state index in [-0.39, 0.29) is 0 Å². The van der Waals surface area contributed by atoms with E-state index in [0.29, 0.717) is 6.04 Å². The quantitative estimate of drug-likeness (QED) is 0.900. The fourth-order valence-electron chi connectivity index (χ4n) is 2.36. The van der Waals surface area contributed by atoms with Crippen LogP contribution in [0.25, 0.3) is 0 Å². The molecule has 0 aliphatic carbocycles. The number of benzene rings is 1. The van der Waals surface area contributed by atoms with E-state index in [1.165, 1.54) is 15.6 Å². The van der Waals surface area contributed by atoms with Gasteiger partial charge < -0.3 is 10.1 Å². The first kappa shape index (κ1) is 15.0. The zero-order valence-corrected chi connectivity index (χ0v) is 13.4. The average molecular weight is 327 g/mol. The Bertz CT molecular complexity index is 405. The van der Waals surface area contributed by atoms with E-state index in [0.717, 1.165) is 39.4 Å². The lowest BCUT2D eigenvalue weighted by molar-refractivity contribution is 0.0343. The van der Waals surface area contributed by atoms with Crippen LogP contribution in [-0.4, -0.2) is 43.8 Å². The lowest BCUT2D eigenvalue weighted by Crippen LogP contribution is -2.44. The number of morpholine rings is 1. The van der Waals surface area contributed by atoms with Crippen molar-refractivity contribution in [2.75, 3.05) is 32.8 Å². The van der Waals surface area contributed by atoms with Gasteiger partial charge in [-0.1, -0.05) is 28.1 Å². The van der Waals surface area contributed by atoms with Crippen molar-refractivity contribution in [3.63, 3.8) is 0 Å². The zero-order valence-electron chi connectivity index (χ0n) is 11.8. The average Bonchev–Trinajstić information content (AvgIpc) is 2.42. The van der Waals surface area contributed by atoms with E-state index in [1.54, 1.807) is 0 Å². The standard InChI is InChI=1S/C15H23BrN2O/c1-12(11-18-6-8-19-9-7-18)17-10-14-4-3-5-15(16)13(14)2/h3-5,12,17H,6-11H2,1-2H3. The molecule has 1 saturated heterocycles. The van der Waals surface area contributed by atoms with Crippen LogP contribution in [0.4, 0.5) is 0 Å². The van der Waals surface area contributed by atoms with Crippen molar-refractivity contribution < 1.29 is 4.74 Å². The predicted molar refractivity (Wildman–Crippen MR) is 82.4 cm³/mol. The molecule has 106 valence electrons. The lowest BCUT2D eigenvalue weighted by Gasteiger charge is -2.29. The highest BCUT2D eigenvalue weighted by atomic mass is 79.9. The summed E-state index contributed by atoms with van der Waals surface area (Å²) in [4.78, 5) is 2.47. The van der Waals surface area contributed by atoms with Gasteiger partial charge in [-0.05, 0) is 31.0 Å². The molecule has 1 fully saturated rings. The van der Waals surface area contributed by atoms with Crippen molar-refractivity contribution >= 4 is 15.9 Å². The number of ether oxygens (including phenoxy) is 1. The summed E-state index contributed by atoms with van der Waals surface area (Å²) in [6.45, 7) is 10.3. The van der Waals surface area contributed by atoms with Crippen molar-refractivity contribution in [2.24, 2.45) is 0 Å². The van der Waals surface area contributed by atoms with Crippen molar-refractivity contribution in [3.05, 3.63) is 33.8 Å². The Morgan fingerprint density at radius 3 is 2.84 bits per heavy atom. The van der Waals surface area contributed by atoms with Crippen molar-refractivity contribution in [1.29, 1.82) is 0 Å². The summed E-state index contributed by atoms with van der Waals surface area (Å²) in [6.07, 6.45) is 0. The topological polar surface area (TPSA) is 24.5 Å². The molecule has 1 aromatic carbocycles. The molecule has 1 aliphatic rings. The van der Waals surface area contributed by atoms with Gasteiger partial charge in [0.2, 0.25) is 0 Å². The van der Waals surface area contributed by atoms with Gasteiger partial charge in [-0.25, -0.2) is 0 Å². The Labute approximate surface area is 124 Å². The predicted octanol–water partition coefficient (Wildman–Crippen LogP) is 2.57. The van der Waals surface area contributed by atoms with Crippen LogP contribution in [0.15, 0.2) is 22.7 Å². The molecule has 0 saturated carbocycles. The molecule has 1 atom stereocenters. The van der Waals surface area contributed by atoms with Gasteiger partial charge in [-0.2, -0.15) is 0 Å². The summed E-state index contributed by atoms with van der Waals surface area (Å²) in [5.41, 5.74) is 2.69. The molecule has 19 heavy (non-hydrogen) atoms. The van der Waals surface area contributed by atoms with Crippen LogP contribution in [-0.2, 0) is 11.3 Å². The fraction of sp³-hybridized carbons (Fsp3) is 0.600. The van der Waals surface area contributed by atoms with Crippen LogP contribution in [0.5, 0.6) is 0 Å². The summed E-state index contributed by atoms with van der Waals surface area (Å²) in [7, 11) is 0. The van der Waals surface area contributed by atoms with Gasteiger partial charge in [0.05, 0.1) is 13.2 Å². The summed E-state index contributed by atoms with van der Waals surface area (Å²) >= 11 is 3.58. The molecule has 0 amide bonds. The summed E-state index contributed by atoms with van der Waals surface area (Å²) in [6, 6.07) is 6.88. The van der Waals surface area contributed by atoms with Gasteiger partial charge >= 0.3 is 0 Å². The summed E-state index contributed by atoms with van der Waals surface area (Å²) in [5, 5.41) is 3.61. The van der Waals surface area contributed by atoms with Crippen LogP contribution in [0.1, 0.15) is 18.1 Å². The second-order valence-electron chi connectivity index (χ2n) is 5.22. The molecule has 4 heteroatoms. The Kier molecular flexibility index (Phi) is 5.82. The third-order valence-electron chi connectivity index (χ3n) is 3.66. The molecule has 1 N–H and O–H groups in total. The molecular weight excluding hydrogens is 304 g/mol. The number of nitrogens with zero attached hydrogens (tertiary/aromatic N) is 1. The Morgan fingerprint density at radius 1 is 1.37 bits per heavy atom. The molecule has 0 radical (unpaired) electrons. The highest BCUT2D eigenvalue weighted by Crippen LogP contribution is 2.19. The van der Waals surface area contributed by atoms with Crippen LogP contribution < -0.4 is 5.32 Å². The molecule has 0 bridgehead atoms. The normalized spacial score (nSPS) is 18.5. The van der Waals surface area contributed by atoms with Gasteiger partial charge in [0.15, 0.2) is 0 Å². The van der Waals surface area contributed by atoms with Gasteiger partial charge in [0.1, 0.15) is 0 Å². The first-order chi connectivity index (χ1) is 9.16. The number of nitrogens with one attached hydrogen (secondary N) is 1. The van der Waals surface area contributed by atoms with Gasteiger partial charge in [0, 0.05) is 36.7 Å². The largest absolute Gasteiger partial charge is 0.379 e. The first-order valence-electron chi connectivity index (χ1n) is 6.94. The molecule has 2 rings (SSSR count). The second kappa shape index (κ2) is 7.39.